The molecule has 0 unspecified atom stereocenters. The SMILES string of the molecule is CC(=O)CCC(C)=O.CN.Cc1ccc(C)n1C.Cc1nc(N)c(C)n1C.O.[Ac].[CH2]=[V].[CH2]=[V]([I])([I])[I].[CH2]=[V]([I])[I].[CH2]=[V][I]. The molecule has 251 valence electrons. The number of nitrogen functional groups attached to an aromatic ring is 1. The van der Waals surface area contributed by atoms with Crippen molar-refractivity contribution in [2.75, 3.05) is 12.8 Å². The van der Waals surface area contributed by atoms with Crippen LogP contribution in [0.15, 0.2) is 12.1 Å². The standard InChI is InChI=1S/C7H11N.C6H11N3.C6H10O2.CH5N.4CH2.Ac.6HI.H2O.4V/c1-6-4-5-7(2)8(6)3;1-4-6(7)8-5(2)9(4)3;1-5(7)3-4-6(2)8;1-2;;;;;;;;;;;;;;;;/h4-5H,1-3H3;7H2,1-3H3;3-4H2,1-2H3;2H2,1H3;4*1H2;;6*1H;1H2;;;;/q;;;;;;;;;;;;;;;;;+1;+2;+3/p-6. The van der Waals surface area contributed by atoms with Crippen LogP contribution in [0.2, 0.25) is 0 Å². The molecule has 2 rings (SSSR count). The normalized spacial score (nSPS) is 8.07. The van der Waals surface area contributed by atoms with E-state index in [0.29, 0.717) is 31.1 Å². The predicted octanol–water partition coefficient (Wildman–Crippen LogP) is 7.13. The number of halogens is 6. The van der Waals surface area contributed by atoms with Crippen molar-refractivity contribution in [2.24, 2.45) is 19.8 Å². The minimum atomic E-state index is -1.22. The second-order valence-electron chi connectivity index (χ2n) is 7.24. The predicted molar refractivity (Wildman–Crippen MR) is 229 cm³/mol. The van der Waals surface area contributed by atoms with Crippen molar-refractivity contribution in [1.82, 2.24) is 14.1 Å². The molecule has 0 spiro atoms. The van der Waals surface area contributed by atoms with Crippen LogP contribution in [0.1, 0.15) is 49.6 Å². The third kappa shape index (κ3) is 62.7. The summed E-state index contributed by atoms with van der Waals surface area (Å²) in [6, 6.07) is 4.24. The zero-order chi connectivity index (χ0) is 34.5. The molecule has 0 bridgehead atoms. The topological polar surface area (TPSA) is 140 Å². The number of aryl methyl sites for hydroxylation is 3. The Balaban J connectivity index is -0.0000000568. The molecule has 0 fully saturated rings. The number of Topliss-reactive ketones (excluding diaryl/α,β-unsaturated/α-hetero) is 2. The quantitative estimate of drug-likeness (QED) is 0.315. The molecule has 1 radical (unpaired) electrons. The summed E-state index contributed by atoms with van der Waals surface area (Å²) in [5.74, 6) is 1.76. The molecule has 0 amide bonds. The van der Waals surface area contributed by atoms with Gasteiger partial charge < -0.3 is 35.7 Å². The van der Waals surface area contributed by atoms with Gasteiger partial charge in [0.2, 0.25) is 0 Å². The zero-order valence-corrected chi connectivity index (χ0v) is 49.6. The Hall–Kier alpha value is 5.19. The molecular formula is C24H47AcI6N5O3V4. The first-order valence-corrected chi connectivity index (χ1v) is 42.1. The fraction of sp³-hybridized carbons (Fsp3) is 0.458. The number of nitrogens with two attached hydrogens (primary N) is 2. The number of nitrogens with zero attached hydrogens (tertiary/aromatic N) is 3. The van der Waals surface area contributed by atoms with E-state index in [2.05, 4.69) is 206 Å². The van der Waals surface area contributed by atoms with Crippen LogP contribution in [-0.2, 0) is 64.3 Å². The van der Waals surface area contributed by atoms with Crippen LogP contribution in [-0.4, -0.2) is 59.1 Å². The van der Waals surface area contributed by atoms with E-state index in [1.54, 1.807) is 0 Å². The summed E-state index contributed by atoms with van der Waals surface area (Å²) in [4.78, 5) is 24.4. The van der Waals surface area contributed by atoms with Gasteiger partial charge in [-0.25, -0.2) is 4.98 Å². The Morgan fingerprint density at radius 1 is 0.977 bits per heavy atom. The first-order chi connectivity index (χ1) is 18.6. The van der Waals surface area contributed by atoms with Crippen LogP contribution < -0.4 is 11.5 Å². The van der Waals surface area contributed by atoms with E-state index in [4.69, 9.17) is 5.73 Å². The number of anilines is 1. The van der Waals surface area contributed by atoms with Crippen molar-refractivity contribution in [3.05, 3.63) is 35.0 Å². The van der Waals surface area contributed by atoms with Crippen LogP contribution in [0, 0.1) is 71.8 Å². The Morgan fingerprint density at radius 3 is 1.28 bits per heavy atom. The molecule has 0 aromatic carbocycles. The Kier molecular flexibility index (Phi) is 69.9. The van der Waals surface area contributed by atoms with Crippen molar-refractivity contribution < 1.29 is 99.8 Å². The van der Waals surface area contributed by atoms with Gasteiger partial charge in [-0.15, -0.1) is 0 Å². The van der Waals surface area contributed by atoms with Crippen molar-refractivity contribution in [2.45, 2.75) is 54.4 Å². The number of aromatic nitrogens is 3. The van der Waals surface area contributed by atoms with Crippen molar-refractivity contribution in [3.63, 3.8) is 0 Å². The Labute approximate surface area is 385 Å². The second kappa shape index (κ2) is 45.2. The maximum atomic E-state index is 10.2. The number of carbonyl (C=O) groups is 2. The summed E-state index contributed by atoms with van der Waals surface area (Å²) in [6.45, 7) is 11.1. The first-order valence-electron chi connectivity index (χ1n) is 11.2. The monoisotopic (exact) mass is 1650 g/mol. The van der Waals surface area contributed by atoms with Gasteiger partial charge in [-0.2, -0.15) is 0 Å². The Morgan fingerprint density at radius 2 is 1.21 bits per heavy atom. The number of rotatable bonds is 3. The third-order valence-corrected chi connectivity index (χ3v) is 4.09. The number of imidazole rings is 1. The number of carbonyl (C=O) groups excluding carboxylic acids is 2. The summed E-state index contributed by atoms with van der Waals surface area (Å²) in [5, 5.41) is 14.4. The molecule has 0 aliphatic carbocycles. The van der Waals surface area contributed by atoms with Crippen LogP contribution in [0.5, 0.6) is 0 Å². The fourth-order valence-electron chi connectivity index (χ4n) is 1.84. The molecule has 2 aromatic heterocycles. The molecule has 0 atom stereocenters. The number of hydrogen-bond acceptors (Lipinski definition) is 5. The van der Waals surface area contributed by atoms with Gasteiger partial charge in [0.25, 0.3) is 0 Å². The van der Waals surface area contributed by atoms with Gasteiger partial charge >= 0.3 is 181 Å². The van der Waals surface area contributed by atoms with Gasteiger partial charge in [0.1, 0.15) is 23.2 Å². The molecule has 0 saturated carbocycles. The number of hydrogen-bond donors (Lipinski definition) is 2. The van der Waals surface area contributed by atoms with E-state index in [0.717, 1.165) is 11.5 Å². The van der Waals surface area contributed by atoms with Crippen LogP contribution in [0.25, 0.3) is 0 Å². The molecule has 0 aliphatic heterocycles. The molecule has 6 N–H and O–H groups in total. The summed E-state index contributed by atoms with van der Waals surface area (Å²) in [5.41, 5.74) is 13.7. The molecular weight excluding hydrogens is 1600 g/mol. The summed E-state index contributed by atoms with van der Waals surface area (Å²) in [7, 11) is 5.03. The second-order valence-corrected chi connectivity index (χ2v) is 73.5. The molecule has 2 heterocycles. The molecule has 19 heteroatoms. The van der Waals surface area contributed by atoms with Crippen molar-refractivity contribution in [3.8, 4) is 0 Å². The van der Waals surface area contributed by atoms with Gasteiger partial charge in [-0.05, 0) is 60.7 Å². The minimum absolute atomic E-state index is 0. The van der Waals surface area contributed by atoms with E-state index < -0.39 is 11.2 Å². The molecule has 0 aliphatic rings. The van der Waals surface area contributed by atoms with Gasteiger partial charge in [0.05, 0.1) is 5.69 Å². The van der Waals surface area contributed by atoms with E-state index in [9.17, 15) is 9.59 Å². The third-order valence-electron chi connectivity index (χ3n) is 4.09. The Bertz CT molecular complexity index is 987. The van der Waals surface area contributed by atoms with Gasteiger partial charge in [-0.3, -0.25) is 0 Å². The maximum absolute atomic E-state index is 10.2. The van der Waals surface area contributed by atoms with Gasteiger partial charge in [0.15, 0.2) is 0 Å². The van der Waals surface area contributed by atoms with Crippen molar-refractivity contribution in [1.29, 1.82) is 0 Å². The summed E-state index contributed by atoms with van der Waals surface area (Å²) < 4.78 is 2.92. The fourth-order valence-corrected chi connectivity index (χ4v) is 1.84. The first kappa shape index (κ1) is 66.4. The van der Waals surface area contributed by atoms with Gasteiger partial charge in [0, 0.05) is 82.4 Å². The number of ketones is 2. The summed E-state index contributed by atoms with van der Waals surface area (Å²) in [6.07, 6.45) is 0.796. The molecule has 2 aromatic rings. The van der Waals surface area contributed by atoms with E-state index in [1.165, 1.54) is 32.3 Å². The van der Waals surface area contributed by atoms with Crippen molar-refractivity contribution >= 4 is 158 Å². The van der Waals surface area contributed by atoms with Gasteiger partial charge in [-0.1, -0.05) is 0 Å². The van der Waals surface area contributed by atoms with Crippen LogP contribution >= 0.6 is 120 Å². The summed E-state index contributed by atoms with van der Waals surface area (Å²) >= 11 is 16.7. The average molecular weight is 1650 g/mol. The van der Waals surface area contributed by atoms with E-state index in [-0.39, 0.29) is 61.1 Å². The van der Waals surface area contributed by atoms with Crippen LogP contribution in [0.3, 0.4) is 0 Å². The average Bonchev–Trinajstić information content (AvgIpc) is 3.26. The molecule has 8 nitrogen and oxygen atoms in total. The molecule has 0 saturated heterocycles. The van der Waals surface area contributed by atoms with E-state index >= 15 is 0 Å². The molecule has 43 heavy (non-hydrogen) atoms. The van der Waals surface area contributed by atoms with Crippen LogP contribution in [0.4, 0.5) is 5.82 Å². The van der Waals surface area contributed by atoms with E-state index in [1.807, 2.05) is 25.5 Å². The zero-order valence-electron chi connectivity index (χ0n) is 26.3.